The maximum absolute atomic E-state index is 15.8. The van der Waals surface area contributed by atoms with Crippen molar-refractivity contribution in [3.05, 3.63) is 142 Å². The minimum atomic E-state index is -4.39. The van der Waals surface area contributed by atoms with Crippen molar-refractivity contribution in [2.75, 3.05) is 19.0 Å². The SMILES string of the molecule is CN(C(=O)O)[C@@H]1COc2c(S(=N)(=O)N(C(=O)Nc3c4c(c(F)c5c3CC5)CCC4)C(c3ccccc3)(c3ccccc3)c3ccccc3)cnn2C1. The van der Waals surface area contributed by atoms with Gasteiger partial charge in [0.2, 0.25) is 5.88 Å². The van der Waals surface area contributed by atoms with E-state index in [4.69, 9.17) is 4.74 Å². The normalized spacial score (nSPS) is 17.0. The predicted octanol–water partition coefficient (Wildman–Crippen LogP) is 6.83. The number of aromatic nitrogens is 2. The Morgan fingerprint density at radius 2 is 1.42 bits per heavy atom. The highest BCUT2D eigenvalue weighted by Crippen LogP contribution is 2.48. The number of hydrogen-bond donors (Lipinski definition) is 3. The zero-order chi connectivity index (χ0) is 36.2. The fourth-order valence-electron chi connectivity index (χ4n) is 7.92. The van der Waals surface area contributed by atoms with E-state index in [1.54, 1.807) is 0 Å². The van der Waals surface area contributed by atoms with Gasteiger partial charge in [-0.1, -0.05) is 91.0 Å². The molecule has 11 nitrogen and oxygen atoms in total. The number of benzene rings is 4. The first kappa shape index (κ1) is 33.5. The lowest BCUT2D eigenvalue weighted by molar-refractivity contribution is 0.0873. The lowest BCUT2D eigenvalue weighted by Gasteiger charge is -2.45. The zero-order valence-corrected chi connectivity index (χ0v) is 29.2. The van der Waals surface area contributed by atoms with Crippen molar-refractivity contribution < 1.29 is 28.0 Å². The third-order valence-corrected chi connectivity index (χ3v) is 12.4. The molecule has 5 aromatic rings. The van der Waals surface area contributed by atoms with Gasteiger partial charge in [0, 0.05) is 12.7 Å². The number of nitrogens with one attached hydrogen (secondary N) is 2. The van der Waals surface area contributed by atoms with Gasteiger partial charge in [-0.05, 0) is 71.0 Å². The predicted molar refractivity (Wildman–Crippen MR) is 192 cm³/mol. The average Bonchev–Trinajstić information content (AvgIpc) is 3.82. The Morgan fingerprint density at radius 1 is 0.904 bits per heavy atom. The summed E-state index contributed by atoms with van der Waals surface area (Å²) in [6, 6.07) is 26.2. The van der Waals surface area contributed by atoms with Crippen LogP contribution in [0.1, 0.15) is 45.4 Å². The van der Waals surface area contributed by atoms with Crippen molar-refractivity contribution in [3.8, 4) is 5.88 Å². The topological polar surface area (TPSA) is 141 Å². The highest BCUT2D eigenvalue weighted by atomic mass is 32.2. The van der Waals surface area contributed by atoms with Crippen LogP contribution in [0.3, 0.4) is 0 Å². The van der Waals surface area contributed by atoms with E-state index in [-0.39, 0.29) is 29.7 Å². The van der Waals surface area contributed by atoms with Crippen LogP contribution in [0.2, 0.25) is 0 Å². The molecule has 4 aromatic carbocycles. The smallest absolute Gasteiger partial charge is 0.407 e. The third-order valence-electron chi connectivity index (χ3n) is 10.6. The Labute approximate surface area is 300 Å². The minimum absolute atomic E-state index is 0.0164. The van der Waals surface area contributed by atoms with Gasteiger partial charge in [0.25, 0.3) is 0 Å². The molecule has 0 radical (unpaired) electrons. The molecule has 1 unspecified atom stereocenters. The van der Waals surface area contributed by atoms with Gasteiger partial charge >= 0.3 is 12.1 Å². The summed E-state index contributed by atoms with van der Waals surface area (Å²) < 4.78 is 49.9. The number of nitrogens with zero attached hydrogens (tertiary/aromatic N) is 4. The number of amides is 3. The molecule has 1 aliphatic heterocycles. The number of fused-ring (bicyclic) bond motifs is 3. The van der Waals surface area contributed by atoms with E-state index in [9.17, 15) is 14.7 Å². The second-order valence-electron chi connectivity index (χ2n) is 13.4. The van der Waals surface area contributed by atoms with Gasteiger partial charge in [-0.25, -0.2) is 32.0 Å². The standard InChI is InChI=1S/C39H37FN6O5S/c1-44(38(48)49)28-23-45-36(51-24-28)33(22-42-45)52(41,50)46(37(47)43-35-31-19-11-18-29(31)34(40)30-20-21-32(30)35)39(25-12-5-2-6-13-25,26-14-7-3-8-15-26)27-16-9-4-10-17-27/h2-10,12-17,22,28,41H,11,18-21,23-24H2,1H3,(H,43,47)(H,48,49)/t28-,52?/m0/s1. The molecule has 0 spiro atoms. The van der Waals surface area contributed by atoms with Gasteiger partial charge in [0.1, 0.15) is 22.9 Å². The summed E-state index contributed by atoms with van der Waals surface area (Å²) in [5.74, 6) is -0.182. The van der Waals surface area contributed by atoms with E-state index >= 15 is 13.4 Å². The summed E-state index contributed by atoms with van der Waals surface area (Å²) in [5.41, 5.74) is 3.26. The first-order chi connectivity index (χ1) is 25.1. The van der Waals surface area contributed by atoms with Crippen LogP contribution in [-0.4, -0.2) is 60.1 Å². The summed E-state index contributed by atoms with van der Waals surface area (Å²) >= 11 is 0. The lowest BCUT2D eigenvalue weighted by Crippen LogP contribution is -2.55. The van der Waals surface area contributed by atoms with Crippen LogP contribution in [0, 0.1) is 10.6 Å². The second kappa shape index (κ2) is 12.8. The van der Waals surface area contributed by atoms with Crippen molar-refractivity contribution >= 4 is 27.7 Å². The number of carboxylic acid groups (broad SMARTS) is 1. The maximum Gasteiger partial charge on any atom is 0.407 e. The minimum Gasteiger partial charge on any atom is -0.475 e. The quantitative estimate of drug-likeness (QED) is 0.150. The molecule has 0 saturated heterocycles. The lowest BCUT2D eigenvalue weighted by atomic mass is 9.77. The van der Waals surface area contributed by atoms with Gasteiger partial charge in [-0.3, -0.25) is 0 Å². The number of hydrogen-bond acceptors (Lipinski definition) is 6. The van der Waals surface area contributed by atoms with Crippen molar-refractivity contribution in [1.29, 1.82) is 4.78 Å². The number of anilines is 1. The number of likely N-dealkylation sites (N-methyl/N-ethyl adjacent to an activating group) is 1. The highest BCUT2D eigenvalue weighted by Gasteiger charge is 2.52. The van der Waals surface area contributed by atoms with Gasteiger partial charge in [-0.15, -0.1) is 0 Å². The summed E-state index contributed by atoms with van der Waals surface area (Å²) in [7, 11) is -2.96. The van der Waals surface area contributed by atoms with Crippen LogP contribution in [-0.2, 0) is 47.7 Å². The van der Waals surface area contributed by atoms with E-state index in [1.807, 2.05) is 91.0 Å². The number of rotatable bonds is 8. The Kier molecular flexibility index (Phi) is 8.25. The largest absolute Gasteiger partial charge is 0.475 e. The molecular weight excluding hydrogens is 684 g/mol. The van der Waals surface area contributed by atoms with E-state index in [0.717, 1.165) is 26.8 Å². The van der Waals surface area contributed by atoms with E-state index < -0.39 is 33.6 Å². The summed E-state index contributed by atoms with van der Waals surface area (Å²) in [4.78, 5) is 28.2. The molecule has 13 heteroatoms. The Hall–Kier alpha value is -5.69. The number of ether oxygens (including phenoxy) is 1. The molecule has 0 bridgehead atoms. The zero-order valence-electron chi connectivity index (χ0n) is 28.4. The van der Waals surface area contributed by atoms with Crippen molar-refractivity contribution in [2.24, 2.45) is 0 Å². The third kappa shape index (κ3) is 5.13. The molecule has 52 heavy (non-hydrogen) atoms. The molecule has 0 fully saturated rings. The van der Waals surface area contributed by atoms with Crippen molar-refractivity contribution in [3.63, 3.8) is 0 Å². The van der Waals surface area contributed by atoms with Gasteiger partial charge < -0.3 is 20.1 Å². The van der Waals surface area contributed by atoms with E-state index in [1.165, 1.54) is 17.9 Å². The van der Waals surface area contributed by atoms with Crippen LogP contribution < -0.4 is 10.1 Å². The Balaban J connectivity index is 1.38. The molecule has 266 valence electrons. The van der Waals surface area contributed by atoms with Crippen molar-refractivity contribution in [1.82, 2.24) is 19.0 Å². The van der Waals surface area contributed by atoms with Crippen LogP contribution in [0.5, 0.6) is 5.88 Å². The molecule has 2 aliphatic carbocycles. The first-order valence-electron chi connectivity index (χ1n) is 17.2. The van der Waals surface area contributed by atoms with Gasteiger partial charge in [0.05, 0.1) is 18.8 Å². The Morgan fingerprint density at radius 3 is 1.96 bits per heavy atom. The highest BCUT2D eigenvalue weighted by molar-refractivity contribution is 7.90. The average molecular weight is 721 g/mol. The first-order valence-corrected chi connectivity index (χ1v) is 18.7. The number of carbonyl (C=O) groups excluding carboxylic acids is 1. The molecule has 3 aliphatic rings. The van der Waals surface area contributed by atoms with Crippen LogP contribution >= 0.6 is 0 Å². The van der Waals surface area contributed by atoms with E-state index in [2.05, 4.69) is 10.4 Å². The van der Waals surface area contributed by atoms with Crippen LogP contribution in [0.25, 0.3) is 0 Å². The molecule has 1 aromatic heterocycles. The molecule has 3 amide bonds. The molecule has 0 saturated carbocycles. The van der Waals surface area contributed by atoms with Gasteiger partial charge in [0.15, 0.2) is 9.92 Å². The molecule has 8 rings (SSSR count). The van der Waals surface area contributed by atoms with Gasteiger partial charge in [-0.2, -0.15) is 5.10 Å². The molecule has 2 heterocycles. The van der Waals surface area contributed by atoms with Crippen LogP contribution in [0.4, 0.5) is 19.7 Å². The summed E-state index contributed by atoms with van der Waals surface area (Å²) in [6.45, 7) is 0.0210. The molecule has 3 N–H and O–H groups in total. The maximum atomic E-state index is 15.8. The monoisotopic (exact) mass is 720 g/mol. The fourth-order valence-corrected chi connectivity index (χ4v) is 9.69. The second-order valence-corrected chi connectivity index (χ2v) is 15.2. The van der Waals surface area contributed by atoms with Crippen LogP contribution in [0.15, 0.2) is 102 Å². The van der Waals surface area contributed by atoms with Crippen molar-refractivity contribution in [2.45, 2.75) is 55.1 Å². The molecule has 2 atom stereocenters. The van der Waals surface area contributed by atoms with E-state index in [0.29, 0.717) is 59.2 Å². The number of halogens is 1. The Bertz CT molecular complexity index is 2200. The number of carbonyl (C=O) groups is 2. The molecular formula is C39H37FN6O5S. The summed E-state index contributed by atoms with van der Waals surface area (Å²) in [5, 5.41) is 17.1. The summed E-state index contributed by atoms with van der Waals surface area (Å²) in [6.07, 6.45) is 3.18. The number of urea groups is 1. The fraction of sp³-hybridized carbons (Fsp3) is 0.256.